The maximum atomic E-state index is 13.1. The summed E-state index contributed by atoms with van der Waals surface area (Å²) >= 11 is 0. The van der Waals surface area contributed by atoms with Gasteiger partial charge in [0.15, 0.2) is 11.5 Å². The number of nitrogens with zero attached hydrogens (tertiary/aromatic N) is 1. The molecule has 0 unspecified atom stereocenters. The van der Waals surface area contributed by atoms with Gasteiger partial charge < -0.3 is 18.9 Å². The molecule has 170 valence electrons. The number of nitrogens with one attached hydrogen (secondary N) is 1. The fourth-order valence-corrected chi connectivity index (χ4v) is 4.90. The highest BCUT2D eigenvalue weighted by Gasteiger charge is 2.38. The van der Waals surface area contributed by atoms with Gasteiger partial charge >= 0.3 is 16.2 Å². The highest BCUT2D eigenvalue weighted by molar-refractivity contribution is 7.90. The quantitative estimate of drug-likeness (QED) is 0.553. The standard InChI is InChI=1S/C20H32N2O7S/c1-6-15(7-2)29-20(23)16-10-8-9-11-22(16)30(24,25)21-14-12-17(26-3)19(28-5)18(13-14)27-4/h12-13,15-16,21H,6-11H2,1-5H3/t16-/m0/s1. The van der Waals surface area contributed by atoms with Crippen LogP contribution in [0.25, 0.3) is 0 Å². The lowest BCUT2D eigenvalue weighted by molar-refractivity contribution is -0.155. The van der Waals surface area contributed by atoms with Crippen LogP contribution in [0.3, 0.4) is 0 Å². The molecule has 1 N–H and O–H groups in total. The zero-order valence-corrected chi connectivity index (χ0v) is 19.1. The first-order valence-electron chi connectivity index (χ1n) is 10.1. The van der Waals surface area contributed by atoms with Crippen molar-refractivity contribution in [2.75, 3.05) is 32.6 Å². The molecule has 0 saturated carbocycles. The van der Waals surface area contributed by atoms with Crippen LogP contribution in [-0.4, -0.2) is 58.7 Å². The second-order valence-corrected chi connectivity index (χ2v) is 8.64. The molecule has 9 nitrogen and oxygen atoms in total. The van der Waals surface area contributed by atoms with Gasteiger partial charge in [0, 0.05) is 18.7 Å². The topological polar surface area (TPSA) is 103 Å². The number of rotatable bonds is 10. The molecule has 1 aromatic carbocycles. The minimum absolute atomic E-state index is 0.216. The Morgan fingerprint density at radius 1 is 1.10 bits per heavy atom. The van der Waals surface area contributed by atoms with Gasteiger partial charge in [0.05, 0.1) is 27.0 Å². The van der Waals surface area contributed by atoms with E-state index >= 15 is 0 Å². The van der Waals surface area contributed by atoms with E-state index in [1.54, 1.807) is 0 Å². The van der Waals surface area contributed by atoms with Gasteiger partial charge in [-0.2, -0.15) is 12.7 Å². The molecule has 0 aliphatic carbocycles. The summed E-state index contributed by atoms with van der Waals surface area (Å²) in [5.41, 5.74) is 0.238. The summed E-state index contributed by atoms with van der Waals surface area (Å²) in [4.78, 5) is 12.7. The van der Waals surface area contributed by atoms with Crippen molar-refractivity contribution < 1.29 is 32.2 Å². The maximum Gasteiger partial charge on any atom is 0.324 e. The van der Waals surface area contributed by atoms with E-state index in [4.69, 9.17) is 18.9 Å². The number of benzene rings is 1. The fourth-order valence-electron chi connectivity index (χ4n) is 3.47. The third-order valence-electron chi connectivity index (χ3n) is 5.14. The van der Waals surface area contributed by atoms with Crippen LogP contribution in [0.1, 0.15) is 46.0 Å². The van der Waals surface area contributed by atoms with Crippen LogP contribution in [0.5, 0.6) is 17.2 Å². The molecule has 1 fully saturated rings. The first kappa shape index (κ1) is 24.1. The molecule has 0 bridgehead atoms. The molecule has 0 aromatic heterocycles. The second kappa shape index (κ2) is 10.7. The zero-order chi connectivity index (χ0) is 22.3. The first-order valence-corrected chi connectivity index (χ1v) is 11.5. The van der Waals surface area contributed by atoms with E-state index in [9.17, 15) is 13.2 Å². The molecule has 10 heteroatoms. The molecule has 1 atom stereocenters. The van der Waals surface area contributed by atoms with E-state index in [1.165, 1.54) is 37.8 Å². The Kier molecular flexibility index (Phi) is 8.60. The molecule has 1 heterocycles. The average Bonchev–Trinajstić information content (AvgIpc) is 2.76. The van der Waals surface area contributed by atoms with Crippen LogP contribution < -0.4 is 18.9 Å². The summed E-state index contributed by atoms with van der Waals surface area (Å²) in [5.74, 6) is 0.488. The van der Waals surface area contributed by atoms with Crippen LogP contribution >= 0.6 is 0 Å². The van der Waals surface area contributed by atoms with Crippen LogP contribution in [0, 0.1) is 0 Å². The van der Waals surface area contributed by atoms with Crippen molar-refractivity contribution in [3.05, 3.63) is 12.1 Å². The molecule has 1 aliphatic rings. The van der Waals surface area contributed by atoms with Gasteiger partial charge in [0.2, 0.25) is 5.75 Å². The molecule has 0 amide bonds. The Labute approximate surface area is 178 Å². The minimum atomic E-state index is -4.02. The molecule has 1 saturated heterocycles. The maximum absolute atomic E-state index is 13.1. The van der Waals surface area contributed by atoms with E-state index in [0.29, 0.717) is 42.9 Å². The van der Waals surface area contributed by atoms with Crippen molar-refractivity contribution in [2.24, 2.45) is 0 Å². The van der Waals surface area contributed by atoms with Crippen molar-refractivity contribution >= 4 is 21.9 Å². The molecule has 30 heavy (non-hydrogen) atoms. The lowest BCUT2D eigenvalue weighted by Crippen LogP contribution is -2.51. The highest BCUT2D eigenvalue weighted by atomic mass is 32.2. The van der Waals surface area contributed by atoms with Crippen LogP contribution in [-0.2, 0) is 19.7 Å². The minimum Gasteiger partial charge on any atom is -0.493 e. The summed E-state index contributed by atoms with van der Waals surface area (Å²) in [6.07, 6.45) is 3.02. The number of esters is 1. The molecule has 0 radical (unpaired) electrons. The van der Waals surface area contributed by atoms with Gasteiger partial charge in [-0.3, -0.25) is 9.52 Å². The number of hydrogen-bond acceptors (Lipinski definition) is 7. The second-order valence-electron chi connectivity index (χ2n) is 7.02. The Morgan fingerprint density at radius 3 is 2.20 bits per heavy atom. The third kappa shape index (κ3) is 5.48. The molecule has 1 aromatic rings. The summed E-state index contributed by atoms with van der Waals surface area (Å²) in [6.45, 7) is 4.11. The lowest BCUT2D eigenvalue weighted by atomic mass is 10.1. The van der Waals surface area contributed by atoms with Crippen molar-refractivity contribution in [1.82, 2.24) is 4.31 Å². The Bertz CT molecular complexity index is 799. The number of piperidine rings is 1. The van der Waals surface area contributed by atoms with E-state index in [1.807, 2.05) is 13.8 Å². The predicted octanol–water partition coefficient (Wildman–Crippen LogP) is 2.96. The fraction of sp³-hybridized carbons (Fsp3) is 0.650. The van der Waals surface area contributed by atoms with E-state index in [0.717, 1.165) is 6.42 Å². The summed E-state index contributed by atoms with van der Waals surface area (Å²) in [5, 5.41) is 0. The zero-order valence-electron chi connectivity index (χ0n) is 18.3. The number of methoxy groups -OCH3 is 3. The van der Waals surface area contributed by atoms with E-state index in [-0.39, 0.29) is 18.3 Å². The van der Waals surface area contributed by atoms with Crippen molar-refractivity contribution in [3.8, 4) is 17.2 Å². The van der Waals surface area contributed by atoms with Crippen LogP contribution in [0.4, 0.5) is 5.69 Å². The number of hydrogen-bond donors (Lipinski definition) is 1. The summed E-state index contributed by atoms with van der Waals surface area (Å²) < 4.78 is 51.4. The third-order valence-corrected chi connectivity index (χ3v) is 6.69. The van der Waals surface area contributed by atoms with E-state index < -0.39 is 22.2 Å². The molecular formula is C20H32N2O7S. The highest BCUT2D eigenvalue weighted by Crippen LogP contribution is 2.40. The van der Waals surface area contributed by atoms with Crippen molar-refractivity contribution in [1.29, 1.82) is 0 Å². The SMILES string of the molecule is CCC(CC)OC(=O)[C@@H]1CCCCN1S(=O)(=O)Nc1cc(OC)c(OC)c(OC)c1. The van der Waals surface area contributed by atoms with Gasteiger partial charge in [-0.15, -0.1) is 0 Å². The van der Waals surface area contributed by atoms with Gasteiger partial charge in [-0.1, -0.05) is 13.8 Å². The lowest BCUT2D eigenvalue weighted by Gasteiger charge is -2.33. The van der Waals surface area contributed by atoms with Crippen LogP contribution in [0.2, 0.25) is 0 Å². The summed E-state index contributed by atoms with van der Waals surface area (Å²) in [7, 11) is 0.345. The predicted molar refractivity (Wildman–Crippen MR) is 113 cm³/mol. The van der Waals surface area contributed by atoms with Gasteiger partial charge in [0.1, 0.15) is 12.1 Å². The van der Waals surface area contributed by atoms with Crippen molar-refractivity contribution in [2.45, 2.75) is 58.1 Å². The largest absolute Gasteiger partial charge is 0.493 e. The number of ether oxygens (including phenoxy) is 4. The normalized spacial score (nSPS) is 17.5. The average molecular weight is 445 g/mol. The van der Waals surface area contributed by atoms with E-state index in [2.05, 4.69) is 4.72 Å². The van der Waals surface area contributed by atoms with Gasteiger partial charge in [-0.05, 0) is 32.1 Å². The Balaban J connectivity index is 2.29. The molecule has 1 aliphatic heterocycles. The monoisotopic (exact) mass is 444 g/mol. The first-order chi connectivity index (χ1) is 14.3. The molecule has 2 rings (SSSR count). The molecule has 0 spiro atoms. The van der Waals surface area contributed by atoms with Gasteiger partial charge in [0.25, 0.3) is 0 Å². The molecular weight excluding hydrogens is 412 g/mol. The smallest absolute Gasteiger partial charge is 0.324 e. The Morgan fingerprint density at radius 2 is 1.70 bits per heavy atom. The number of anilines is 1. The van der Waals surface area contributed by atoms with Crippen LogP contribution in [0.15, 0.2) is 12.1 Å². The number of carbonyl (C=O) groups is 1. The van der Waals surface area contributed by atoms with Gasteiger partial charge in [-0.25, -0.2) is 0 Å². The summed E-state index contributed by atoms with van der Waals surface area (Å²) in [6, 6.07) is 2.15. The van der Waals surface area contributed by atoms with Crippen molar-refractivity contribution in [3.63, 3.8) is 0 Å². The number of carbonyl (C=O) groups excluding carboxylic acids is 1. The Hall–Kier alpha value is -2.20.